The van der Waals surface area contributed by atoms with Gasteiger partial charge in [-0.05, 0) is 13.5 Å². The van der Waals surface area contributed by atoms with Gasteiger partial charge in [-0.25, -0.2) is 0 Å². The van der Waals surface area contributed by atoms with Crippen LogP contribution in [0, 0.1) is 6.92 Å². The van der Waals surface area contributed by atoms with E-state index in [1.807, 2.05) is 16.8 Å². The van der Waals surface area contributed by atoms with Crippen molar-refractivity contribution in [2.24, 2.45) is 0 Å². The quantitative estimate of drug-likeness (QED) is 0.716. The lowest BCUT2D eigenvalue weighted by atomic mass is 10.2. The fraction of sp³-hybridized carbons (Fsp3) is 0.583. The van der Waals surface area contributed by atoms with Gasteiger partial charge in [-0.3, -0.25) is 9.69 Å². The Hall–Kier alpha value is -1.69. The molecule has 6 nitrogen and oxygen atoms in total. The number of likely N-dealkylation sites (tertiary alicyclic amines) is 1. The fourth-order valence-corrected chi connectivity index (χ4v) is 2.19. The van der Waals surface area contributed by atoms with Crippen molar-refractivity contribution < 1.29 is 9.21 Å². The number of carbonyl (C=O) groups excluding carboxylic acids is 1. The Kier molecular flexibility index (Phi) is 3.76. The van der Waals surface area contributed by atoms with E-state index < -0.39 is 0 Å². The van der Waals surface area contributed by atoms with Crippen molar-refractivity contribution >= 4 is 5.91 Å². The second kappa shape index (κ2) is 5.30. The molecule has 0 N–H and O–H groups in total. The second-order valence-electron chi connectivity index (χ2n) is 4.51. The predicted octanol–water partition coefficient (Wildman–Crippen LogP) is 0.597. The fourth-order valence-electron chi connectivity index (χ4n) is 2.19. The molecule has 0 aromatic carbocycles. The van der Waals surface area contributed by atoms with Crippen LogP contribution < -0.4 is 0 Å². The van der Waals surface area contributed by atoms with Gasteiger partial charge in [-0.2, -0.15) is 0 Å². The lowest BCUT2D eigenvalue weighted by Crippen LogP contribution is -2.39. The van der Waals surface area contributed by atoms with Gasteiger partial charge in [0.25, 0.3) is 0 Å². The minimum atomic E-state index is -0.0999. The summed E-state index contributed by atoms with van der Waals surface area (Å²) in [6.07, 6.45) is 2.58. The summed E-state index contributed by atoms with van der Waals surface area (Å²) in [6, 6.07) is -0.0999. The monoisotopic (exact) mass is 250 g/mol. The Balaban J connectivity index is 1.95. The smallest absolute Gasteiger partial charge is 0.240 e. The average Bonchev–Trinajstić information content (AvgIpc) is 2.87. The first-order chi connectivity index (χ1) is 8.61. The van der Waals surface area contributed by atoms with Crippen LogP contribution in [0.5, 0.6) is 0 Å². The molecular weight excluding hydrogens is 232 g/mol. The van der Waals surface area contributed by atoms with Crippen molar-refractivity contribution in [3.8, 4) is 0 Å². The summed E-state index contributed by atoms with van der Waals surface area (Å²) < 4.78 is 5.32. The maximum absolute atomic E-state index is 12.1. The van der Waals surface area contributed by atoms with Crippen LogP contribution >= 0.6 is 0 Å². The minimum absolute atomic E-state index is 0.0999. The van der Waals surface area contributed by atoms with Gasteiger partial charge in [0.05, 0.1) is 12.6 Å². The summed E-state index contributed by atoms with van der Waals surface area (Å²) in [6.45, 7) is 7.30. The highest BCUT2D eigenvalue weighted by Gasteiger charge is 2.34. The number of hydrogen-bond donors (Lipinski definition) is 0. The number of amides is 1. The zero-order valence-electron chi connectivity index (χ0n) is 10.8. The van der Waals surface area contributed by atoms with E-state index in [0.29, 0.717) is 24.9 Å². The molecule has 1 aliphatic heterocycles. The number of hydrogen-bond acceptors (Lipinski definition) is 5. The molecule has 1 aromatic rings. The molecule has 0 aliphatic carbocycles. The maximum atomic E-state index is 12.1. The molecule has 0 saturated carbocycles. The predicted molar refractivity (Wildman–Crippen MR) is 65.7 cm³/mol. The van der Waals surface area contributed by atoms with Crippen molar-refractivity contribution in [2.45, 2.75) is 25.9 Å². The molecule has 98 valence electrons. The van der Waals surface area contributed by atoms with Crippen molar-refractivity contribution in [3.05, 3.63) is 24.4 Å². The number of aryl methyl sites for hydroxylation is 1. The van der Waals surface area contributed by atoms with Crippen molar-refractivity contribution in [2.75, 3.05) is 20.1 Å². The summed E-state index contributed by atoms with van der Waals surface area (Å²) in [5.41, 5.74) is 0. The molecule has 1 fully saturated rings. The van der Waals surface area contributed by atoms with Gasteiger partial charge in [0.2, 0.25) is 17.7 Å². The lowest BCUT2D eigenvalue weighted by Gasteiger charge is -2.21. The molecule has 1 unspecified atom stereocenters. The molecule has 1 aromatic heterocycles. The Labute approximate surface area is 106 Å². The number of aromatic nitrogens is 2. The molecule has 1 saturated heterocycles. The van der Waals surface area contributed by atoms with E-state index in [9.17, 15) is 4.79 Å². The third-order valence-corrected chi connectivity index (χ3v) is 3.10. The van der Waals surface area contributed by atoms with Crippen LogP contribution in [0.1, 0.15) is 18.2 Å². The SMILES string of the molecule is C=CCN1CCC(N(C)Cc2nnc(C)o2)C1=O. The molecule has 2 rings (SSSR count). The molecule has 0 spiro atoms. The highest BCUT2D eigenvalue weighted by atomic mass is 16.4. The van der Waals surface area contributed by atoms with Crippen LogP contribution in [0.3, 0.4) is 0 Å². The lowest BCUT2D eigenvalue weighted by molar-refractivity contribution is -0.131. The standard InChI is InChI=1S/C12H18N4O2/c1-4-6-16-7-5-10(12(16)17)15(3)8-11-14-13-9(2)18-11/h4,10H,1,5-8H2,2-3H3. The van der Waals surface area contributed by atoms with E-state index >= 15 is 0 Å². The summed E-state index contributed by atoms with van der Waals surface area (Å²) in [7, 11) is 1.90. The van der Waals surface area contributed by atoms with E-state index in [-0.39, 0.29) is 11.9 Å². The van der Waals surface area contributed by atoms with Crippen LogP contribution in [0.2, 0.25) is 0 Å². The third kappa shape index (κ3) is 2.59. The first kappa shape index (κ1) is 12.8. The molecule has 1 aliphatic rings. The van der Waals surface area contributed by atoms with E-state index in [4.69, 9.17) is 4.42 Å². The van der Waals surface area contributed by atoms with Crippen molar-refractivity contribution in [3.63, 3.8) is 0 Å². The third-order valence-electron chi connectivity index (χ3n) is 3.10. The minimum Gasteiger partial charge on any atom is -0.424 e. The summed E-state index contributed by atoms with van der Waals surface area (Å²) in [5, 5.41) is 7.72. The number of rotatable bonds is 5. The zero-order chi connectivity index (χ0) is 13.1. The van der Waals surface area contributed by atoms with Gasteiger partial charge in [-0.1, -0.05) is 6.08 Å². The molecule has 18 heavy (non-hydrogen) atoms. The largest absolute Gasteiger partial charge is 0.424 e. The highest BCUT2D eigenvalue weighted by molar-refractivity contribution is 5.84. The molecule has 6 heteroatoms. The van der Waals surface area contributed by atoms with E-state index in [2.05, 4.69) is 16.8 Å². The molecule has 2 heterocycles. The average molecular weight is 250 g/mol. The second-order valence-corrected chi connectivity index (χ2v) is 4.51. The highest BCUT2D eigenvalue weighted by Crippen LogP contribution is 2.17. The van der Waals surface area contributed by atoms with E-state index in [0.717, 1.165) is 13.0 Å². The van der Waals surface area contributed by atoms with Crippen molar-refractivity contribution in [1.29, 1.82) is 0 Å². The molecule has 1 amide bonds. The van der Waals surface area contributed by atoms with Crippen LogP contribution in [0.4, 0.5) is 0 Å². The van der Waals surface area contributed by atoms with Crippen LogP contribution in [0.15, 0.2) is 17.1 Å². The molecule has 1 atom stereocenters. The van der Waals surface area contributed by atoms with Gasteiger partial charge >= 0.3 is 0 Å². The van der Waals surface area contributed by atoms with E-state index in [1.54, 1.807) is 13.0 Å². The van der Waals surface area contributed by atoms with Gasteiger partial charge in [0.1, 0.15) is 0 Å². The molecule has 0 radical (unpaired) electrons. The van der Waals surface area contributed by atoms with Gasteiger partial charge in [-0.15, -0.1) is 16.8 Å². The number of carbonyl (C=O) groups is 1. The molecule has 0 bridgehead atoms. The number of likely N-dealkylation sites (N-methyl/N-ethyl adjacent to an activating group) is 1. The Morgan fingerprint density at radius 3 is 3.00 bits per heavy atom. The van der Waals surface area contributed by atoms with Crippen LogP contribution in [-0.2, 0) is 11.3 Å². The first-order valence-corrected chi connectivity index (χ1v) is 6.00. The summed E-state index contributed by atoms with van der Waals surface area (Å²) in [5.74, 6) is 1.24. The topological polar surface area (TPSA) is 62.5 Å². The Morgan fingerprint density at radius 2 is 2.39 bits per heavy atom. The zero-order valence-corrected chi connectivity index (χ0v) is 10.8. The maximum Gasteiger partial charge on any atom is 0.240 e. The summed E-state index contributed by atoms with van der Waals surface area (Å²) in [4.78, 5) is 15.9. The van der Waals surface area contributed by atoms with Crippen molar-refractivity contribution in [1.82, 2.24) is 20.0 Å². The van der Waals surface area contributed by atoms with Gasteiger partial charge in [0.15, 0.2) is 0 Å². The number of nitrogens with zero attached hydrogens (tertiary/aromatic N) is 4. The summed E-state index contributed by atoms with van der Waals surface area (Å²) >= 11 is 0. The van der Waals surface area contributed by atoms with Crippen LogP contribution in [-0.4, -0.2) is 52.1 Å². The van der Waals surface area contributed by atoms with E-state index in [1.165, 1.54) is 0 Å². The van der Waals surface area contributed by atoms with Crippen LogP contribution in [0.25, 0.3) is 0 Å². The van der Waals surface area contributed by atoms with Gasteiger partial charge in [0, 0.05) is 20.0 Å². The normalized spacial score (nSPS) is 19.8. The molecular formula is C12H18N4O2. The Bertz CT molecular complexity index is 443. The Morgan fingerprint density at radius 1 is 1.61 bits per heavy atom. The first-order valence-electron chi connectivity index (χ1n) is 6.00. The van der Waals surface area contributed by atoms with Gasteiger partial charge < -0.3 is 9.32 Å².